The molecule has 106 valence electrons. The van der Waals surface area contributed by atoms with E-state index in [1.165, 1.54) is 5.56 Å². The van der Waals surface area contributed by atoms with Crippen LogP contribution in [0.25, 0.3) is 0 Å². The molecule has 4 heteroatoms. The highest BCUT2D eigenvalue weighted by atomic mass is 79.9. The molecule has 1 N–H and O–H groups in total. The minimum Gasteiger partial charge on any atom is -0.381 e. The summed E-state index contributed by atoms with van der Waals surface area (Å²) in [7, 11) is 1.96. The quantitative estimate of drug-likeness (QED) is 0.870. The van der Waals surface area contributed by atoms with Gasteiger partial charge in [0, 0.05) is 24.2 Å². The third-order valence-electron chi connectivity index (χ3n) is 3.48. The minimum atomic E-state index is 0.116. The molecule has 19 heavy (non-hydrogen) atoms. The van der Waals surface area contributed by atoms with Crippen molar-refractivity contribution in [1.29, 1.82) is 0 Å². The molecule has 1 aliphatic rings. The number of nitrogens with one attached hydrogen (secondary N) is 1. The van der Waals surface area contributed by atoms with Crippen molar-refractivity contribution in [3.05, 3.63) is 34.3 Å². The van der Waals surface area contributed by atoms with Gasteiger partial charge in [0.1, 0.15) is 0 Å². The van der Waals surface area contributed by atoms with Crippen LogP contribution in [0.2, 0.25) is 0 Å². The van der Waals surface area contributed by atoms with E-state index in [2.05, 4.69) is 39.4 Å². The van der Waals surface area contributed by atoms with Gasteiger partial charge in [-0.1, -0.05) is 28.1 Å². The van der Waals surface area contributed by atoms with Gasteiger partial charge in [0.05, 0.1) is 12.7 Å². The number of rotatable bonds is 6. The Labute approximate surface area is 123 Å². The predicted molar refractivity (Wildman–Crippen MR) is 80.3 cm³/mol. The maximum Gasteiger partial charge on any atom is 0.0949 e. The molecule has 0 aromatic heterocycles. The summed E-state index contributed by atoms with van der Waals surface area (Å²) >= 11 is 3.52. The zero-order valence-electron chi connectivity index (χ0n) is 11.4. The molecule has 2 rings (SSSR count). The largest absolute Gasteiger partial charge is 0.381 e. The van der Waals surface area contributed by atoms with Crippen molar-refractivity contribution in [3.8, 4) is 0 Å². The average Bonchev–Trinajstić information content (AvgIpc) is 2.44. The van der Waals surface area contributed by atoms with Gasteiger partial charge in [0.15, 0.2) is 0 Å². The summed E-state index contributed by atoms with van der Waals surface area (Å²) in [5.74, 6) is 0.639. The summed E-state index contributed by atoms with van der Waals surface area (Å²) < 4.78 is 12.6. The third-order valence-corrected chi connectivity index (χ3v) is 3.98. The number of hydrogen-bond acceptors (Lipinski definition) is 3. The molecule has 1 fully saturated rings. The summed E-state index contributed by atoms with van der Waals surface area (Å²) in [6.07, 6.45) is 2.35. The van der Waals surface area contributed by atoms with Crippen molar-refractivity contribution < 1.29 is 9.47 Å². The highest BCUT2D eigenvalue weighted by Gasteiger charge is 2.17. The zero-order valence-corrected chi connectivity index (χ0v) is 13.0. The molecule has 0 saturated carbocycles. The first-order chi connectivity index (χ1) is 9.29. The second-order valence-electron chi connectivity index (χ2n) is 4.99. The van der Waals surface area contributed by atoms with Crippen LogP contribution >= 0.6 is 15.9 Å². The summed E-state index contributed by atoms with van der Waals surface area (Å²) in [6, 6.07) is 8.35. The number of ether oxygens (including phenoxy) is 2. The molecule has 0 spiro atoms. The fraction of sp³-hybridized carbons (Fsp3) is 0.600. The fourth-order valence-electron chi connectivity index (χ4n) is 2.33. The van der Waals surface area contributed by atoms with Crippen LogP contribution in [-0.4, -0.2) is 33.4 Å². The molecule has 0 radical (unpaired) electrons. The van der Waals surface area contributed by atoms with Crippen molar-refractivity contribution in [1.82, 2.24) is 5.32 Å². The SMILES string of the molecule is CNCC(OCC1CCOCC1)c1cccc(Br)c1. The molecule has 1 aromatic rings. The van der Waals surface area contributed by atoms with E-state index >= 15 is 0 Å². The second kappa shape index (κ2) is 8.00. The van der Waals surface area contributed by atoms with Gasteiger partial charge in [-0.25, -0.2) is 0 Å². The number of hydrogen-bond donors (Lipinski definition) is 1. The van der Waals surface area contributed by atoms with Gasteiger partial charge < -0.3 is 14.8 Å². The van der Waals surface area contributed by atoms with Gasteiger partial charge >= 0.3 is 0 Å². The lowest BCUT2D eigenvalue weighted by atomic mass is 10.0. The Morgan fingerprint density at radius 2 is 2.21 bits per heavy atom. The third kappa shape index (κ3) is 4.88. The Hall–Kier alpha value is -0.420. The predicted octanol–water partition coefficient (Wildman–Crippen LogP) is 3.15. The standard InChI is InChI=1S/C15H22BrNO2/c1-17-10-15(13-3-2-4-14(16)9-13)19-11-12-5-7-18-8-6-12/h2-4,9,12,15,17H,5-8,10-11H2,1H3. The fourth-order valence-corrected chi connectivity index (χ4v) is 2.75. The monoisotopic (exact) mass is 327 g/mol. The maximum atomic E-state index is 6.12. The summed E-state index contributed by atoms with van der Waals surface area (Å²) in [5.41, 5.74) is 1.22. The smallest absolute Gasteiger partial charge is 0.0949 e. The lowest BCUT2D eigenvalue weighted by molar-refractivity contribution is -0.0108. The van der Waals surface area contributed by atoms with Gasteiger partial charge in [0.25, 0.3) is 0 Å². The van der Waals surface area contributed by atoms with Gasteiger partial charge in [-0.05, 0) is 43.5 Å². The van der Waals surface area contributed by atoms with Crippen molar-refractivity contribution in [3.63, 3.8) is 0 Å². The van der Waals surface area contributed by atoms with Crippen molar-refractivity contribution in [2.75, 3.05) is 33.4 Å². The van der Waals surface area contributed by atoms with Crippen molar-refractivity contribution in [2.24, 2.45) is 5.92 Å². The topological polar surface area (TPSA) is 30.5 Å². The summed E-state index contributed by atoms with van der Waals surface area (Å²) in [6.45, 7) is 3.41. The van der Waals surface area contributed by atoms with Gasteiger partial charge in [-0.3, -0.25) is 0 Å². The molecule has 3 nitrogen and oxygen atoms in total. The summed E-state index contributed by atoms with van der Waals surface area (Å²) in [4.78, 5) is 0. The molecular weight excluding hydrogens is 306 g/mol. The molecule has 0 aliphatic carbocycles. The summed E-state index contributed by atoms with van der Waals surface area (Å²) in [5, 5.41) is 3.21. The highest BCUT2D eigenvalue weighted by molar-refractivity contribution is 9.10. The second-order valence-corrected chi connectivity index (χ2v) is 5.91. The van der Waals surface area contributed by atoms with E-state index in [0.29, 0.717) is 5.92 Å². The molecule has 1 aromatic carbocycles. The van der Waals surface area contributed by atoms with Gasteiger partial charge in [0.2, 0.25) is 0 Å². The first-order valence-corrected chi connectivity index (χ1v) is 7.68. The van der Waals surface area contributed by atoms with E-state index < -0.39 is 0 Å². The van der Waals surface area contributed by atoms with Crippen LogP contribution < -0.4 is 5.32 Å². The lowest BCUT2D eigenvalue weighted by Crippen LogP contribution is -2.25. The highest BCUT2D eigenvalue weighted by Crippen LogP contribution is 2.23. The van der Waals surface area contributed by atoms with E-state index in [1.807, 2.05) is 13.1 Å². The molecule has 1 saturated heterocycles. The number of benzene rings is 1. The lowest BCUT2D eigenvalue weighted by Gasteiger charge is -2.25. The van der Waals surface area contributed by atoms with Crippen LogP contribution in [0.1, 0.15) is 24.5 Å². The first kappa shape index (κ1) is 15.0. The van der Waals surface area contributed by atoms with E-state index in [4.69, 9.17) is 9.47 Å². The van der Waals surface area contributed by atoms with Crippen LogP contribution in [0.15, 0.2) is 28.7 Å². The molecular formula is C15H22BrNO2. The molecule has 1 unspecified atom stereocenters. The van der Waals surface area contributed by atoms with Gasteiger partial charge in [-0.2, -0.15) is 0 Å². The van der Waals surface area contributed by atoms with Crippen LogP contribution in [0.5, 0.6) is 0 Å². The van der Waals surface area contributed by atoms with E-state index in [9.17, 15) is 0 Å². The minimum absolute atomic E-state index is 0.116. The van der Waals surface area contributed by atoms with Crippen LogP contribution in [-0.2, 0) is 9.47 Å². The Bertz CT molecular complexity index is 380. The molecule has 0 amide bonds. The molecule has 1 atom stereocenters. The number of likely N-dealkylation sites (N-methyl/N-ethyl adjacent to an activating group) is 1. The number of halogens is 1. The normalized spacial score (nSPS) is 18.4. The van der Waals surface area contributed by atoms with Crippen LogP contribution in [0, 0.1) is 5.92 Å². The average molecular weight is 328 g/mol. The molecule has 1 aliphatic heterocycles. The van der Waals surface area contributed by atoms with E-state index in [0.717, 1.165) is 43.7 Å². The Balaban J connectivity index is 1.91. The first-order valence-electron chi connectivity index (χ1n) is 6.89. The Kier molecular flexibility index (Phi) is 6.31. The Morgan fingerprint density at radius 3 is 2.89 bits per heavy atom. The van der Waals surface area contributed by atoms with Crippen LogP contribution in [0.4, 0.5) is 0 Å². The maximum absolute atomic E-state index is 6.12. The van der Waals surface area contributed by atoms with E-state index in [1.54, 1.807) is 0 Å². The van der Waals surface area contributed by atoms with E-state index in [-0.39, 0.29) is 6.10 Å². The van der Waals surface area contributed by atoms with Crippen molar-refractivity contribution >= 4 is 15.9 Å². The van der Waals surface area contributed by atoms with Gasteiger partial charge in [-0.15, -0.1) is 0 Å². The van der Waals surface area contributed by atoms with Crippen LogP contribution in [0.3, 0.4) is 0 Å². The van der Waals surface area contributed by atoms with Crippen molar-refractivity contribution in [2.45, 2.75) is 18.9 Å². The Morgan fingerprint density at radius 1 is 1.42 bits per heavy atom. The molecule has 1 heterocycles. The molecule has 0 bridgehead atoms. The zero-order chi connectivity index (χ0) is 13.5.